The molecule has 1 aromatic heterocycles. The van der Waals surface area contributed by atoms with E-state index in [-0.39, 0.29) is 11.8 Å². The molecule has 1 atom stereocenters. The van der Waals surface area contributed by atoms with Gasteiger partial charge in [0.25, 0.3) is 0 Å². The van der Waals surface area contributed by atoms with Gasteiger partial charge in [-0.15, -0.1) is 11.3 Å². The normalized spacial score (nSPS) is 20.8. The van der Waals surface area contributed by atoms with E-state index in [4.69, 9.17) is 4.98 Å². The molecule has 0 radical (unpaired) electrons. The summed E-state index contributed by atoms with van der Waals surface area (Å²) in [6, 6.07) is 8.44. The fourth-order valence-corrected chi connectivity index (χ4v) is 4.39. The Labute approximate surface area is 123 Å². The second-order valence-corrected chi connectivity index (χ2v) is 8.67. The number of fused-ring (bicyclic) bond motifs is 1. The van der Waals surface area contributed by atoms with Crippen LogP contribution in [0.2, 0.25) is 0 Å². The molecular formula is C14H18N2O2S2. The van der Waals surface area contributed by atoms with E-state index in [1.165, 1.54) is 11.0 Å². The summed E-state index contributed by atoms with van der Waals surface area (Å²) in [7, 11) is -2.90. The molecule has 0 aliphatic carbocycles. The molecule has 0 N–H and O–H groups in total. The third kappa shape index (κ3) is 3.02. The molecule has 108 valence electrons. The second-order valence-electron chi connectivity index (χ2n) is 5.34. The highest BCUT2D eigenvalue weighted by atomic mass is 32.2. The smallest absolute Gasteiger partial charge is 0.148 e. The minimum atomic E-state index is -2.90. The lowest BCUT2D eigenvalue weighted by atomic mass is 10.2. The lowest BCUT2D eigenvalue weighted by molar-refractivity contribution is 0.272. The summed E-state index contributed by atoms with van der Waals surface area (Å²) in [6.07, 6.45) is 3.49. The van der Waals surface area contributed by atoms with Crippen LogP contribution in [-0.4, -0.2) is 43.4 Å². The molecule has 0 saturated carbocycles. The topological polar surface area (TPSA) is 50.3 Å². The van der Waals surface area contributed by atoms with Crippen LogP contribution in [0.25, 0.3) is 10.2 Å². The van der Waals surface area contributed by atoms with E-state index in [0.29, 0.717) is 6.54 Å². The predicted molar refractivity (Wildman–Crippen MR) is 82.9 cm³/mol. The van der Waals surface area contributed by atoms with E-state index in [1.54, 1.807) is 11.3 Å². The van der Waals surface area contributed by atoms with Gasteiger partial charge in [-0.1, -0.05) is 12.1 Å². The lowest BCUT2D eigenvalue weighted by Gasteiger charge is -2.22. The fraction of sp³-hybridized carbons (Fsp3) is 0.500. The standard InChI is InChI=1S/C14H18N2O2S2/c1-20(17,18)10-9-16-8-4-6-12(16)14-15-11-5-2-3-7-13(11)19-14/h2-3,5,7,12H,4,6,8-10H2,1H3/t12-/m1/s1. The van der Waals surface area contributed by atoms with Crippen LogP contribution in [0.1, 0.15) is 23.9 Å². The van der Waals surface area contributed by atoms with E-state index in [2.05, 4.69) is 11.0 Å². The van der Waals surface area contributed by atoms with Crippen molar-refractivity contribution in [1.29, 1.82) is 0 Å². The van der Waals surface area contributed by atoms with Crippen LogP contribution in [0, 0.1) is 0 Å². The zero-order chi connectivity index (χ0) is 14.2. The van der Waals surface area contributed by atoms with Crippen molar-refractivity contribution in [3.05, 3.63) is 29.3 Å². The lowest BCUT2D eigenvalue weighted by Crippen LogP contribution is -2.28. The van der Waals surface area contributed by atoms with E-state index in [0.717, 1.165) is 29.9 Å². The molecule has 2 heterocycles. The van der Waals surface area contributed by atoms with Gasteiger partial charge in [0, 0.05) is 12.8 Å². The average Bonchev–Trinajstić information content (AvgIpc) is 3.01. The molecule has 1 aliphatic rings. The van der Waals surface area contributed by atoms with E-state index >= 15 is 0 Å². The molecular weight excluding hydrogens is 292 g/mol. The number of hydrogen-bond acceptors (Lipinski definition) is 5. The second kappa shape index (κ2) is 5.42. The van der Waals surface area contributed by atoms with E-state index < -0.39 is 9.84 Å². The monoisotopic (exact) mass is 310 g/mol. The number of para-hydroxylation sites is 1. The Hall–Kier alpha value is -0.980. The average molecular weight is 310 g/mol. The van der Waals surface area contributed by atoms with Crippen LogP contribution in [0.4, 0.5) is 0 Å². The van der Waals surface area contributed by atoms with Crippen LogP contribution in [0.5, 0.6) is 0 Å². The van der Waals surface area contributed by atoms with Crippen molar-refractivity contribution < 1.29 is 8.42 Å². The molecule has 1 aliphatic heterocycles. The number of likely N-dealkylation sites (tertiary alicyclic amines) is 1. The van der Waals surface area contributed by atoms with Crippen LogP contribution in [0.3, 0.4) is 0 Å². The summed E-state index contributed by atoms with van der Waals surface area (Å²) < 4.78 is 23.9. The van der Waals surface area contributed by atoms with Gasteiger partial charge < -0.3 is 0 Å². The Kier molecular flexibility index (Phi) is 3.79. The summed E-state index contributed by atoms with van der Waals surface area (Å²) in [5.41, 5.74) is 1.04. The zero-order valence-corrected chi connectivity index (χ0v) is 13.1. The molecule has 1 fully saturated rings. The van der Waals surface area contributed by atoms with Gasteiger partial charge in [0.2, 0.25) is 0 Å². The first kappa shape index (κ1) is 14.0. The summed E-state index contributed by atoms with van der Waals surface area (Å²) in [5.74, 6) is 0.231. The molecule has 0 bridgehead atoms. The highest BCUT2D eigenvalue weighted by Crippen LogP contribution is 2.36. The number of nitrogens with zero attached hydrogens (tertiary/aromatic N) is 2. The molecule has 6 heteroatoms. The van der Waals surface area contributed by atoms with Gasteiger partial charge in [-0.2, -0.15) is 0 Å². The number of hydrogen-bond donors (Lipinski definition) is 0. The van der Waals surface area contributed by atoms with Gasteiger partial charge in [-0.05, 0) is 31.5 Å². The van der Waals surface area contributed by atoms with Crippen molar-refractivity contribution in [1.82, 2.24) is 9.88 Å². The van der Waals surface area contributed by atoms with E-state index in [9.17, 15) is 8.42 Å². The minimum Gasteiger partial charge on any atom is -0.293 e. The van der Waals surface area contributed by atoms with Crippen molar-refractivity contribution in [2.45, 2.75) is 18.9 Å². The largest absolute Gasteiger partial charge is 0.293 e. The van der Waals surface area contributed by atoms with E-state index in [1.807, 2.05) is 18.2 Å². The van der Waals surface area contributed by atoms with Gasteiger partial charge in [0.1, 0.15) is 14.8 Å². The molecule has 0 amide bonds. The Morgan fingerprint density at radius 1 is 1.40 bits per heavy atom. The molecule has 1 aromatic carbocycles. The zero-order valence-electron chi connectivity index (χ0n) is 11.4. The number of aromatic nitrogens is 1. The highest BCUT2D eigenvalue weighted by Gasteiger charge is 2.28. The van der Waals surface area contributed by atoms with Gasteiger partial charge in [0.15, 0.2) is 0 Å². The third-order valence-electron chi connectivity index (χ3n) is 3.71. The summed E-state index contributed by atoms with van der Waals surface area (Å²) in [5, 5.41) is 1.12. The minimum absolute atomic E-state index is 0.231. The van der Waals surface area contributed by atoms with Crippen LogP contribution in [0.15, 0.2) is 24.3 Å². The Balaban J connectivity index is 1.81. The molecule has 0 spiro atoms. The molecule has 4 nitrogen and oxygen atoms in total. The quantitative estimate of drug-likeness (QED) is 0.870. The van der Waals surface area contributed by atoms with Gasteiger partial charge >= 0.3 is 0 Å². The van der Waals surface area contributed by atoms with Crippen molar-refractivity contribution >= 4 is 31.4 Å². The number of thiazole rings is 1. The molecule has 3 rings (SSSR count). The predicted octanol–water partition coefficient (Wildman–Crippen LogP) is 2.48. The van der Waals surface area contributed by atoms with Crippen LogP contribution in [-0.2, 0) is 9.84 Å². The van der Waals surface area contributed by atoms with Crippen LogP contribution >= 0.6 is 11.3 Å². The number of sulfone groups is 1. The highest BCUT2D eigenvalue weighted by molar-refractivity contribution is 7.90. The summed E-state index contributed by atoms with van der Waals surface area (Å²) in [6.45, 7) is 1.58. The maximum absolute atomic E-state index is 11.3. The number of benzene rings is 1. The van der Waals surface area contributed by atoms with Crippen molar-refractivity contribution in [2.75, 3.05) is 25.1 Å². The first-order chi connectivity index (χ1) is 9.53. The summed E-state index contributed by atoms with van der Waals surface area (Å²) >= 11 is 1.73. The van der Waals surface area contributed by atoms with Crippen molar-refractivity contribution in [2.24, 2.45) is 0 Å². The first-order valence-corrected chi connectivity index (χ1v) is 9.68. The maximum atomic E-state index is 11.3. The first-order valence-electron chi connectivity index (χ1n) is 6.80. The maximum Gasteiger partial charge on any atom is 0.148 e. The molecule has 0 unspecified atom stereocenters. The Morgan fingerprint density at radius 3 is 2.95 bits per heavy atom. The Bertz CT molecular complexity index is 676. The number of rotatable bonds is 4. The molecule has 1 saturated heterocycles. The van der Waals surface area contributed by atoms with Crippen LogP contribution < -0.4 is 0 Å². The Morgan fingerprint density at radius 2 is 2.20 bits per heavy atom. The van der Waals surface area contributed by atoms with Gasteiger partial charge in [-0.25, -0.2) is 13.4 Å². The van der Waals surface area contributed by atoms with Gasteiger partial charge in [0.05, 0.1) is 22.0 Å². The summed E-state index contributed by atoms with van der Waals surface area (Å²) in [4.78, 5) is 6.98. The SMILES string of the molecule is CS(=O)(=O)CCN1CCC[C@@H]1c1nc2ccccc2s1. The fourth-order valence-electron chi connectivity index (χ4n) is 2.69. The van der Waals surface area contributed by atoms with Gasteiger partial charge in [-0.3, -0.25) is 4.90 Å². The van der Waals surface area contributed by atoms with Crippen molar-refractivity contribution in [3.8, 4) is 0 Å². The third-order valence-corrected chi connectivity index (χ3v) is 5.77. The van der Waals surface area contributed by atoms with Crippen molar-refractivity contribution in [3.63, 3.8) is 0 Å². The molecule has 20 heavy (non-hydrogen) atoms. The molecule has 2 aromatic rings.